The fourth-order valence-corrected chi connectivity index (χ4v) is 3.32. The lowest BCUT2D eigenvalue weighted by Gasteiger charge is -2.22. The topological polar surface area (TPSA) is 75.4 Å². The van der Waals surface area contributed by atoms with Gasteiger partial charge in [-0.25, -0.2) is 14.4 Å². The molecule has 0 aliphatic carbocycles. The van der Waals surface area contributed by atoms with Gasteiger partial charge in [-0.3, -0.25) is 4.79 Å². The molecule has 27 heavy (non-hydrogen) atoms. The third kappa shape index (κ3) is 4.08. The Morgan fingerprint density at radius 3 is 2.70 bits per heavy atom. The lowest BCUT2D eigenvalue weighted by molar-refractivity contribution is 0.0772. The Balaban J connectivity index is 1.83. The number of anilines is 1. The quantitative estimate of drug-likeness (QED) is 0.893. The second-order valence-electron chi connectivity index (χ2n) is 7.32. The molecule has 2 N–H and O–H groups in total. The van der Waals surface area contributed by atoms with Crippen LogP contribution in [0.3, 0.4) is 0 Å². The van der Waals surface area contributed by atoms with Crippen molar-refractivity contribution in [1.29, 1.82) is 0 Å². The number of benzene rings is 1. The summed E-state index contributed by atoms with van der Waals surface area (Å²) in [6, 6.07) is 4.98. The molecule has 1 saturated heterocycles. The number of aryl methyl sites for hydroxylation is 2. The number of amides is 1. The Labute approximate surface area is 159 Å². The van der Waals surface area contributed by atoms with Gasteiger partial charge in [0.2, 0.25) is 5.82 Å². The minimum absolute atomic E-state index is 0.128. The molecule has 0 unspecified atom stereocenters. The smallest absolute Gasteiger partial charge is 0.291 e. The summed E-state index contributed by atoms with van der Waals surface area (Å²) in [6.45, 7) is 7.48. The number of rotatable bonds is 4. The normalized spacial score (nSPS) is 16.7. The van der Waals surface area contributed by atoms with Gasteiger partial charge >= 0.3 is 0 Å². The summed E-state index contributed by atoms with van der Waals surface area (Å²) < 4.78 is 13.4. The summed E-state index contributed by atoms with van der Waals surface area (Å²) in [4.78, 5) is 25.5. The summed E-state index contributed by atoms with van der Waals surface area (Å²) in [7, 11) is 1.70. The molecule has 1 aliphatic heterocycles. The van der Waals surface area contributed by atoms with E-state index in [4.69, 9.17) is 5.73 Å². The Morgan fingerprint density at radius 1 is 1.33 bits per heavy atom. The van der Waals surface area contributed by atoms with Crippen LogP contribution in [-0.4, -0.2) is 47.0 Å². The van der Waals surface area contributed by atoms with E-state index in [-0.39, 0.29) is 23.6 Å². The highest BCUT2D eigenvalue weighted by Gasteiger charge is 2.25. The first kappa shape index (κ1) is 19.2. The predicted octanol–water partition coefficient (Wildman–Crippen LogP) is 2.35. The largest absolute Gasteiger partial charge is 0.355 e. The van der Waals surface area contributed by atoms with Gasteiger partial charge in [-0.05, 0) is 44.4 Å². The van der Waals surface area contributed by atoms with E-state index in [2.05, 4.69) is 14.9 Å². The first-order valence-electron chi connectivity index (χ1n) is 9.12. The van der Waals surface area contributed by atoms with Crippen LogP contribution in [0.4, 0.5) is 10.2 Å². The molecule has 6 nitrogen and oxygen atoms in total. The van der Waals surface area contributed by atoms with E-state index in [0.717, 1.165) is 42.1 Å². The van der Waals surface area contributed by atoms with Crippen LogP contribution in [0.1, 0.15) is 39.4 Å². The van der Waals surface area contributed by atoms with Crippen LogP contribution in [0.25, 0.3) is 0 Å². The van der Waals surface area contributed by atoms with Crippen molar-refractivity contribution in [3.05, 3.63) is 52.2 Å². The number of hydrogen-bond donors (Lipinski definition) is 1. The highest BCUT2D eigenvalue weighted by Crippen LogP contribution is 2.24. The second-order valence-corrected chi connectivity index (χ2v) is 7.32. The number of carbonyl (C=O) groups is 1. The number of hydrogen-bond acceptors (Lipinski definition) is 5. The van der Waals surface area contributed by atoms with Crippen LogP contribution in [0.5, 0.6) is 0 Å². The maximum atomic E-state index is 13.4. The van der Waals surface area contributed by atoms with Crippen molar-refractivity contribution >= 4 is 11.7 Å². The van der Waals surface area contributed by atoms with Crippen LogP contribution in [0, 0.1) is 26.6 Å². The molecule has 7 heteroatoms. The van der Waals surface area contributed by atoms with Gasteiger partial charge in [0.1, 0.15) is 11.6 Å². The molecule has 2 aromatic rings. The molecule has 0 radical (unpaired) electrons. The molecule has 0 bridgehead atoms. The van der Waals surface area contributed by atoms with Crippen molar-refractivity contribution in [2.75, 3.05) is 25.0 Å². The average molecular weight is 371 g/mol. The van der Waals surface area contributed by atoms with Crippen molar-refractivity contribution in [2.24, 2.45) is 5.73 Å². The molecule has 1 atom stereocenters. The number of nitrogens with two attached hydrogens (primary N) is 1. The summed E-state index contributed by atoms with van der Waals surface area (Å²) in [6.07, 6.45) is 0.912. The molecule has 2 heterocycles. The monoisotopic (exact) mass is 371 g/mol. The molecule has 1 aromatic carbocycles. The average Bonchev–Trinajstić information content (AvgIpc) is 3.06. The first-order chi connectivity index (χ1) is 12.8. The van der Waals surface area contributed by atoms with Crippen molar-refractivity contribution < 1.29 is 9.18 Å². The van der Waals surface area contributed by atoms with Crippen LogP contribution in [-0.2, 0) is 6.54 Å². The van der Waals surface area contributed by atoms with Gasteiger partial charge in [-0.2, -0.15) is 0 Å². The maximum Gasteiger partial charge on any atom is 0.291 e. The Bertz CT molecular complexity index is 870. The van der Waals surface area contributed by atoms with Crippen LogP contribution in [0.2, 0.25) is 0 Å². The Kier molecular flexibility index (Phi) is 5.41. The second kappa shape index (κ2) is 7.60. The lowest BCUT2D eigenvalue weighted by Crippen LogP contribution is -2.31. The minimum Gasteiger partial charge on any atom is -0.355 e. The molecule has 1 fully saturated rings. The van der Waals surface area contributed by atoms with E-state index in [1.54, 1.807) is 31.0 Å². The van der Waals surface area contributed by atoms with Crippen LogP contribution >= 0.6 is 0 Å². The van der Waals surface area contributed by atoms with Crippen molar-refractivity contribution in [3.63, 3.8) is 0 Å². The summed E-state index contributed by atoms with van der Waals surface area (Å²) in [5, 5.41) is 0. The molecule has 0 saturated carbocycles. The van der Waals surface area contributed by atoms with E-state index in [1.165, 1.54) is 6.07 Å². The summed E-state index contributed by atoms with van der Waals surface area (Å²) >= 11 is 0. The van der Waals surface area contributed by atoms with E-state index < -0.39 is 0 Å². The third-order valence-electron chi connectivity index (χ3n) is 5.07. The van der Waals surface area contributed by atoms with Gasteiger partial charge in [0.15, 0.2) is 0 Å². The Hall–Kier alpha value is -2.54. The first-order valence-corrected chi connectivity index (χ1v) is 9.12. The van der Waals surface area contributed by atoms with Crippen LogP contribution in [0.15, 0.2) is 18.2 Å². The minimum atomic E-state index is -0.259. The summed E-state index contributed by atoms with van der Waals surface area (Å²) in [5.41, 5.74) is 9.19. The fourth-order valence-electron chi connectivity index (χ4n) is 3.32. The Morgan fingerprint density at radius 2 is 2.07 bits per heavy atom. The predicted molar refractivity (Wildman–Crippen MR) is 103 cm³/mol. The number of carbonyl (C=O) groups excluding carboxylic acids is 1. The zero-order chi connectivity index (χ0) is 19.7. The third-order valence-corrected chi connectivity index (χ3v) is 5.07. The molecule has 0 spiro atoms. The van der Waals surface area contributed by atoms with Crippen molar-refractivity contribution in [3.8, 4) is 0 Å². The van der Waals surface area contributed by atoms with Gasteiger partial charge < -0.3 is 15.5 Å². The van der Waals surface area contributed by atoms with E-state index in [1.807, 2.05) is 13.8 Å². The van der Waals surface area contributed by atoms with Gasteiger partial charge in [0.05, 0.1) is 0 Å². The van der Waals surface area contributed by atoms with E-state index >= 15 is 0 Å². The van der Waals surface area contributed by atoms with Gasteiger partial charge in [-0.1, -0.05) is 12.1 Å². The van der Waals surface area contributed by atoms with Crippen molar-refractivity contribution in [2.45, 2.75) is 39.8 Å². The molecule has 1 aromatic heterocycles. The zero-order valence-corrected chi connectivity index (χ0v) is 16.3. The van der Waals surface area contributed by atoms with E-state index in [0.29, 0.717) is 12.1 Å². The van der Waals surface area contributed by atoms with E-state index in [9.17, 15) is 9.18 Å². The standard InChI is InChI=1S/C20H26FN5O/c1-12-9-15(5-6-17(12)21)10-25(4)20(27)18-23-14(3)13(2)19(24-18)26-8-7-16(22)11-26/h5-6,9,16H,7-8,10-11,22H2,1-4H3/t16-/m1/s1. The molecular formula is C20H26FN5O. The molecule has 1 amide bonds. The molecule has 144 valence electrons. The van der Waals surface area contributed by atoms with Gasteiger partial charge in [0.25, 0.3) is 5.91 Å². The number of halogens is 1. The fraction of sp³-hybridized carbons (Fsp3) is 0.450. The number of nitrogens with zero attached hydrogens (tertiary/aromatic N) is 4. The molecule has 1 aliphatic rings. The highest BCUT2D eigenvalue weighted by atomic mass is 19.1. The van der Waals surface area contributed by atoms with Gasteiger partial charge in [-0.15, -0.1) is 0 Å². The van der Waals surface area contributed by atoms with Gasteiger partial charge in [0, 0.05) is 44.0 Å². The maximum absolute atomic E-state index is 13.4. The SMILES string of the molecule is Cc1cc(CN(C)C(=O)c2nc(C)c(C)c(N3CC[C@@H](N)C3)n2)ccc1F. The lowest BCUT2D eigenvalue weighted by atomic mass is 10.1. The number of aromatic nitrogens is 2. The van der Waals surface area contributed by atoms with Crippen molar-refractivity contribution in [1.82, 2.24) is 14.9 Å². The molecule has 3 rings (SSSR count). The van der Waals surface area contributed by atoms with Crippen LogP contribution < -0.4 is 10.6 Å². The molecular weight excluding hydrogens is 345 g/mol. The highest BCUT2D eigenvalue weighted by molar-refractivity contribution is 5.90. The summed E-state index contributed by atoms with van der Waals surface area (Å²) in [5.74, 6) is 0.447. The zero-order valence-electron chi connectivity index (χ0n) is 16.3.